The van der Waals surface area contributed by atoms with Gasteiger partial charge in [0.1, 0.15) is 5.82 Å². The van der Waals surface area contributed by atoms with Gasteiger partial charge in [0, 0.05) is 5.69 Å². The van der Waals surface area contributed by atoms with Crippen molar-refractivity contribution >= 4 is 27.5 Å². The van der Waals surface area contributed by atoms with Gasteiger partial charge in [0.05, 0.1) is 11.0 Å². The first-order valence-electron chi connectivity index (χ1n) is 3.79. The Labute approximate surface area is 88.7 Å². The minimum atomic E-state index is -0.334. The monoisotopic (exact) mass is 261 g/mol. The fourth-order valence-electron chi connectivity index (χ4n) is 0.834. The molecule has 6 heteroatoms. The maximum Gasteiger partial charge on any atom is 0.158 e. The summed E-state index contributed by atoms with van der Waals surface area (Å²) in [5.74, 6) is -0.273. The van der Waals surface area contributed by atoms with Crippen LogP contribution < -0.4 is 11.1 Å². The Morgan fingerprint density at radius 3 is 2.93 bits per heavy atom. The summed E-state index contributed by atoms with van der Waals surface area (Å²) in [7, 11) is 0. The van der Waals surface area contributed by atoms with Crippen molar-refractivity contribution in [1.82, 2.24) is 0 Å². The molecule has 0 spiro atoms. The van der Waals surface area contributed by atoms with Crippen LogP contribution >= 0.6 is 15.9 Å². The highest BCUT2D eigenvalue weighted by Gasteiger charge is 2.00. The van der Waals surface area contributed by atoms with Gasteiger partial charge < -0.3 is 16.3 Å². The molecule has 0 saturated heterocycles. The van der Waals surface area contributed by atoms with Gasteiger partial charge in [-0.2, -0.15) is 0 Å². The third-order valence-electron chi connectivity index (χ3n) is 1.52. The van der Waals surface area contributed by atoms with E-state index in [2.05, 4.69) is 26.4 Å². The second-order valence-corrected chi connectivity index (χ2v) is 3.43. The number of halogens is 2. The van der Waals surface area contributed by atoms with Crippen LogP contribution in [-0.2, 0) is 0 Å². The first-order chi connectivity index (χ1) is 6.63. The number of hydrogen-bond donors (Lipinski definition) is 3. The second kappa shape index (κ2) is 4.80. The highest BCUT2D eigenvalue weighted by atomic mass is 79.9. The molecule has 4 nitrogen and oxygen atoms in total. The normalized spacial score (nSPS) is 11.4. The molecule has 0 unspecified atom stereocenters. The SMILES string of the molecule is N/C(CNc1ccc(F)c(Br)c1)=N/O. The first kappa shape index (κ1) is 10.8. The van der Waals surface area contributed by atoms with Crippen LogP contribution in [0.25, 0.3) is 0 Å². The Hall–Kier alpha value is -1.30. The number of amidine groups is 1. The number of nitrogens with one attached hydrogen (secondary N) is 1. The van der Waals surface area contributed by atoms with Crippen molar-refractivity contribution in [3.8, 4) is 0 Å². The molecular weight excluding hydrogens is 253 g/mol. The Bertz CT molecular complexity index is 356. The van der Waals surface area contributed by atoms with E-state index in [4.69, 9.17) is 10.9 Å². The molecule has 0 radical (unpaired) electrons. The number of rotatable bonds is 3. The fraction of sp³-hybridized carbons (Fsp3) is 0.125. The molecule has 0 fully saturated rings. The summed E-state index contributed by atoms with van der Waals surface area (Å²) >= 11 is 3.04. The van der Waals surface area contributed by atoms with Crippen molar-refractivity contribution in [2.75, 3.05) is 11.9 Å². The summed E-state index contributed by atoms with van der Waals surface area (Å²) in [5, 5.41) is 13.9. The molecule has 0 heterocycles. The Kier molecular flexibility index (Phi) is 3.70. The third-order valence-corrected chi connectivity index (χ3v) is 2.13. The molecule has 0 aliphatic rings. The Morgan fingerprint density at radius 1 is 1.64 bits per heavy atom. The van der Waals surface area contributed by atoms with Gasteiger partial charge >= 0.3 is 0 Å². The van der Waals surface area contributed by atoms with Crippen LogP contribution in [0.3, 0.4) is 0 Å². The summed E-state index contributed by atoms with van der Waals surface area (Å²) in [4.78, 5) is 0. The summed E-state index contributed by atoms with van der Waals surface area (Å²) in [6, 6.07) is 4.45. The van der Waals surface area contributed by atoms with Gasteiger partial charge in [0.25, 0.3) is 0 Å². The van der Waals surface area contributed by atoms with Gasteiger partial charge in [-0.05, 0) is 34.1 Å². The number of anilines is 1. The first-order valence-corrected chi connectivity index (χ1v) is 4.58. The van der Waals surface area contributed by atoms with E-state index < -0.39 is 0 Å². The zero-order valence-corrected chi connectivity index (χ0v) is 8.75. The van der Waals surface area contributed by atoms with Crippen molar-refractivity contribution in [3.05, 3.63) is 28.5 Å². The molecule has 0 aliphatic carbocycles. The molecule has 1 rings (SSSR count). The number of benzene rings is 1. The lowest BCUT2D eigenvalue weighted by Gasteiger charge is -2.05. The van der Waals surface area contributed by atoms with E-state index in [1.165, 1.54) is 6.07 Å². The highest BCUT2D eigenvalue weighted by Crippen LogP contribution is 2.19. The molecule has 1 aromatic rings. The number of oxime groups is 1. The van der Waals surface area contributed by atoms with E-state index in [9.17, 15) is 4.39 Å². The van der Waals surface area contributed by atoms with Gasteiger partial charge in [0.15, 0.2) is 5.84 Å². The van der Waals surface area contributed by atoms with Crippen molar-refractivity contribution in [2.45, 2.75) is 0 Å². The molecule has 0 aliphatic heterocycles. The fourth-order valence-corrected chi connectivity index (χ4v) is 1.21. The van der Waals surface area contributed by atoms with Gasteiger partial charge in [-0.15, -0.1) is 0 Å². The lowest BCUT2D eigenvalue weighted by molar-refractivity contribution is 0.317. The van der Waals surface area contributed by atoms with Crippen LogP contribution in [0.5, 0.6) is 0 Å². The standard InChI is InChI=1S/C8H9BrFN3O/c9-6-3-5(1-2-7(6)10)12-4-8(11)13-14/h1-3,12,14H,4H2,(H2,11,13). The van der Waals surface area contributed by atoms with Crippen molar-refractivity contribution < 1.29 is 9.60 Å². The molecule has 76 valence electrons. The largest absolute Gasteiger partial charge is 0.409 e. The molecule has 14 heavy (non-hydrogen) atoms. The lowest BCUT2D eigenvalue weighted by Crippen LogP contribution is -2.22. The molecule has 0 amide bonds. The Balaban J connectivity index is 2.64. The van der Waals surface area contributed by atoms with Crippen LogP contribution in [-0.4, -0.2) is 17.6 Å². The highest BCUT2D eigenvalue weighted by molar-refractivity contribution is 9.10. The van der Waals surface area contributed by atoms with E-state index in [1.807, 2.05) is 0 Å². The van der Waals surface area contributed by atoms with Gasteiger partial charge in [0.2, 0.25) is 0 Å². The smallest absolute Gasteiger partial charge is 0.158 e. The average Bonchev–Trinajstić information content (AvgIpc) is 2.19. The van der Waals surface area contributed by atoms with E-state index in [-0.39, 0.29) is 18.2 Å². The predicted molar refractivity (Wildman–Crippen MR) is 56.0 cm³/mol. The van der Waals surface area contributed by atoms with E-state index in [0.29, 0.717) is 10.2 Å². The Morgan fingerprint density at radius 2 is 2.36 bits per heavy atom. The van der Waals surface area contributed by atoms with Crippen LogP contribution in [0.4, 0.5) is 10.1 Å². The van der Waals surface area contributed by atoms with E-state index >= 15 is 0 Å². The zero-order valence-electron chi connectivity index (χ0n) is 7.17. The quantitative estimate of drug-likeness (QED) is 0.336. The molecule has 1 aromatic carbocycles. The van der Waals surface area contributed by atoms with Crippen LogP contribution in [0.1, 0.15) is 0 Å². The van der Waals surface area contributed by atoms with Crippen molar-refractivity contribution in [1.29, 1.82) is 0 Å². The maximum atomic E-state index is 12.8. The number of hydrogen-bond acceptors (Lipinski definition) is 3. The van der Waals surface area contributed by atoms with Crippen LogP contribution in [0.2, 0.25) is 0 Å². The van der Waals surface area contributed by atoms with Gasteiger partial charge in [-0.1, -0.05) is 5.16 Å². The molecule has 0 atom stereocenters. The average molecular weight is 262 g/mol. The molecule has 4 N–H and O–H groups in total. The maximum absolute atomic E-state index is 12.8. The molecule has 0 aromatic heterocycles. The number of nitrogens with zero attached hydrogens (tertiary/aromatic N) is 1. The summed E-state index contributed by atoms with van der Waals surface area (Å²) in [6.07, 6.45) is 0. The topological polar surface area (TPSA) is 70.6 Å². The third kappa shape index (κ3) is 2.88. The lowest BCUT2D eigenvalue weighted by atomic mass is 10.3. The van der Waals surface area contributed by atoms with Gasteiger partial charge in [-0.3, -0.25) is 0 Å². The zero-order chi connectivity index (χ0) is 10.6. The van der Waals surface area contributed by atoms with Crippen molar-refractivity contribution in [2.24, 2.45) is 10.9 Å². The van der Waals surface area contributed by atoms with Crippen LogP contribution in [0, 0.1) is 5.82 Å². The van der Waals surface area contributed by atoms with E-state index in [1.54, 1.807) is 12.1 Å². The molecule has 0 saturated carbocycles. The molecular formula is C8H9BrFN3O. The molecule has 0 bridgehead atoms. The van der Waals surface area contributed by atoms with Gasteiger partial charge in [-0.25, -0.2) is 4.39 Å². The number of nitrogens with two attached hydrogens (primary N) is 1. The summed E-state index contributed by atoms with van der Waals surface area (Å²) in [6.45, 7) is 0.203. The minimum absolute atomic E-state index is 0.0606. The van der Waals surface area contributed by atoms with E-state index in [0.717, 1.165) is 0 Å². The second-order valence-electron chi connectivity index (χ2n) is 2.57. The predicted octanol–water partition coefficient (Wildman–Crippen LogP) is 1.75. The minimum Gasteiger partial charge on any atom is -0.409 e. The summed E-state index contributed by atoms with van der Waals surface area (Å²) in [5.41, 5.74) is 5.93. The summed E-state index contributed by atoms with van der Waals surface area (Å²) < 4.78 is 13.2. The van der Waals surface area contributed by atoms with Crippen LogP contribution in [0.15, 0.2) is 27.8 Å². The van der Waals surface area contributed by atoms with Crippen molar-refractivity contribution in [3.63, 3.8) is 0 Å².